The van der Waals surface area contributed by atoms with Gasteiger partial charge in [0.05, 0.1) is 0 Å². The molecule has 0 saturated carbocycles. The third-order valence-corrected chi connectivity index (χ3v) is 4.54. The summed E-state index contributed by atoms with van der Waals surface area (Å²) in [6, 6.07) is 12.9. The minimum atomic E-state index is -0.112. The van der Waals surface area contributed by atoms with Gasteiger partial charge in [0, 0.05) is 27.8 Å². The topological polar surface area (TPSA) is 47.6 Å². The molecule has 0 fully saturated rings. The number of nitrogens with one attached hydrogen (secondary N) is 1. The van der Waals surface area contributed by atoms with Crippen molar-refractivity contribution in [2.75, 3.05) is 25.5 Å². The molecule has 1 aliphatic heterocycles. The summed E-state index contributed by atoms with van der Waals surface area (Å²) in [7, 11) is 0. The number of hydrogen-bond donors (Lipinski definition) is 1. The summed E-state index contributed by atoms with van der Waals surface area (Å²) < 4.78 is 10.9. The highest BCUT2D eigenvalue weighted by molar-refractivity contribution is 7.99. The van der Waals surface area contributed by atoms with Crippen molar-refractivity contribution < 1.29 is 14.3 Å². The van der Waals surface area contributed by atoms with E-state index >= 15 is 0 Å². The first kappa shape index (κ1) is 16.0. The van der Waals surface area contributed by atoms with Crippen LogP contribution >= 0.6 is 23.4 Å². The average molecular weight is 350 g/mol. The number of ether oxygens (including phenoxy) is 2. The van der Waals surface area contributed by atoms with Gasteiger partial charge in [-0.25, -0.2) is 0 Å². The molecular weight excluding hydrogens is 334 g/mol. The minimum absolute atomic E-state index is 0.112. The van der Waals surface area contributed by atoms with Crippen LogP contribution in [0, 0.1) is 0 Å². The first-order valence-electron chi connectivity index (χ1n) is 7.28. The predicted molar refractivity (Wildman–Crippen MR) is 91.9 cm³/mol. The molecule has 23 heavy (non-hydrogen) atoms. The van der Waals surface area contributed by atoms with Crippen molar-refractivity contribution in [3.05, 3.63) is 53.1 Å². The molecule has 0 atom stereocenters. The van der Waals surface area contributed by atoms with Crippen LogP contribution in [0.1, 0.15) is 10.4 Å². The van der Waals surface area contributed by atoms with Gasteiger partial charge in [0.15, 0.2) is 11.5 Å². The van der Waals surface area contributed by atoms with E-state index in [2.05, 4.69) is 5.32 Å². The van der Waals surface area contributed by atoms with Gasteiger partial charge in [0.2, 0.25) is 0 Å². The molecule has 2 aromatic carbocycles. The summed E-state index contributed by atoms with van der Waals surface area (Å²) in [6.45, 7) is 1.64. The van der Waals surface area contributed by atoms with Gasteiger partial charge < -0.3 is 14.8 Å². The lowest BCUT2D eigenvalue weighted by molar-refractivity contribution is 0.0955. The lowest BCUT2D eigenvalue weighted by Crippen LogP contribution is -2.26. The normalized spacial score (nSPS) is 12.7. The molecule has 0 saturated heterocycles. The average Bonchev–Trinajstić information content (AvgIpc) is 2.59. The van der Waals surface area contributed by atoms with Gasteiger partial charge in [-0.05, 0) is 42.5 Å². The molecule has 0 radical (unpaired) electrons. The van der Waals surface area contributed by atoms with Crippen molar-refractivity contribution >= 4 is 29.3 Å². The van der Waals surface area contributed by atoms with E-state index in [9.17, 15) is 4.79 Å². The van der Waals surface area contributed by atoms with Crippen LogP contribution in [-0.2, 0) is 0 Å². The Morgan fingerprint density at radius 2 is 1.83 bits per heavy atom. The van der Waals surface area contributed by atoms with Crippen LogP contribution in [0.3, 0.4) is 0 Å². The molecule has 6 heteroatoms. The second kappa shape index (κ2) is 7.62. The van der Waals surface area contributed by atoms with Gasteiger partial charge in [0.1, 0.15) is 13.2 Å². The number of fused-ring (bicyclic) bond motifs is 1. The van der Waals surface area contributed by atoms with E-state index in [4.69, 9.17) is 21.1 Å². The number of carbonyl (C=O) groups is 1. The Hall–Kier alpha value is -1.85. The van der Waals surface area contributed by atoms with Gasteiger partial charge in [0.25, 0.3) is 5.91 Å². The molecule has 2 aromatic rings. The van der Waals surface area contributed by atoms with E-state index in [0.29, 0.717) is 36.8 Å². The van der Waals surface area contributed by atoms with Crippen LogP contribution in [0.15, 0.2) is 47.4 Å². The number of thioether (sulfide) groups is 1. The molecule has 3 rings (SSSR count). The summed E-state index contributed by atoms with van der Waals surface area (Å²) in [6.07, 6.45) is 0. The molecule has 1 N–H and O–H groups in total. The largest absolute Gasteiger partial charge is 0.486 e. The summed E-state index contributed by atoms with van der Waals surface area (Å²) in [5.74, 6) is 1.99. The number of halogens is 1. The van der Waals surface area contributed by atoms with Gasteiger partial charge >= 0.3 is 0 Å². The van der Waals surface area contributed by atoms with Crippen molar-refractivity contribution in [3.63, 3.8) is 0 Å². The molecule has 1 aliphatic rings. The molecule has 4 nitrogen and oxygen atoms in total. The Labute approximate surface area is 144 Å². The number of amides is 1. The zero-order chi connectivity index (χ0) is 16.1. The quantitative estimate of drug-likeness (QED) is 0.661. The van der Waals surface area contributed by atoms with Crippen molar-refractivity contribution in [2.45, 2.75) is 4.90 Å². The molecule has 1 heterocycles. The highest BCUT2D eigenvalue weighted by Gasteiger charge is 2.14. The lowest BCUT2D eigenvalue weighted by Gasteiger charge is -2.18. The maximum absolute atomic E-state index is 12.2. The first-order chi connectivity index (χ1) is 11.2. The maximum atomic E-state index is 12.2. The Kier molecular flexibility index (Phi) is 5.31. The van der Waals surface area contributed by atoms with E-state index in [-0.39, 0.29) is 5.91 Å². The third-order valence-electron chi connectivity index (χ3n) is 3.27. The zero-order valence-corrected chi connectivity index (χ0v) is 14.0. The van der Waals surface area contributed by atoms with Crippen LogP contribution in [0.25, 0.3) is 0 Å². The van der Waals surface area contributed by atoms with Gasteiger partial charge in [-0.1, -0.05) is 11.6 Å². The second-order valence-corrected chi connectivity index (χ2v) is 6.52. The fraction of sp³-hybridized carbons (Fsp3) is 0.235. The fourth-order valence-electron chi connectivity index (χ4n) is 2.15. The van der Waals surface area contributed by atoms with E-state index in [0.717, 1.165) is 15.7 Å². The van der Waals surface area contributed by atoms with Crippen LogP contribution in [0.4, 0.5) is 0 Å². The van der Waals surface area contributed by atoms with Crippen LogP contribution in [0.5, 0.6) is 11.5 Å². The molecule has 120 valence electrons. The highest BCUT2D eigenvalue weighted by atomic mass is 35.5. The number of hydrogen-bond acceptors (Lipinski definition) is 4. The Balaban J connectivity index is 1.48. The Morgan fingerprint density at radius 1 is 1.09 bits per heavy atom. The molecule has 0 unspecified atom stereocenters. The smallest absolute Gasteiger partial charge is 0.251 e. The van der Waals surface area contributed by atoms with Crippen molar-refractivity contribution in [2.24, 2.45) is 0 Å². The van der Waals surface area contributed by atoms with E-state index in [1.807, 2.05) is 24.3 Å². The van der Waals surface area contributed by atoms with Crippen molar-refractivity contribution in [1.29, 1.82) is 0 Å². The highest BCUT2D eigenvalue weighted by Crippen LogP contribution is 2.30. The number of benzene rings is 2. The predicted octanol–water partition coefficient (Wildman–Crippen LogP) is 3.63. The van der Waals surface area contributed by atoms with Gasteiger partial charge in [-0.15, -0.1) is 11.8 Å². The van der Waals surface area contributed by atoms with E-state index in [1.165, 1.54) is 0 Å². The second-order valence-electron chi connectivity index (χ2n) is 4.92. The molecule has 1 amide bonds. The molecule has 0 bridgehead atoms. The minimum Gasteiger partial charge on any atom is -0.486 e. The summed E-state index contributed by atoms with van der Waals surface area (Å²) >= 11 is 7.52. The summed E-state index contributed by atoms with van der Waals surface area (Å²) in [4.78, 5) is 13.3. The van der Waals surface area contributed by atoms with E-state index in [1.54, 1.807) is 30.0 Å². The Morgan fingerprint density at radius 3 is 2.61 bits per heavy atom. The van der Waals surface area contributed by atoms with Gasteiger partial charge in [-0.2, -0.15) is 0 Å². The third kappa shape index (κ3) is 4.33. The van der Waals surface area contributed by atoms with Crippen LogP contribution in [-0.4, -0.2) is 31.4 Å². The van der Waals surface area contributed by atoms with Gasteiger partial charge in [-0.3, -0.25) is 4.79 Å². The fourth-order valence-corrected chi connectivity index (χ4v) is 3.05. The molecular formula is C17H16ClNO3S. The maximum Gasteiger partial charge on any atom is 0.251 e. The SMILES string of the molecule is O=C(NCCSc1ccc(Cl)cc1)c1ccc2c(c1)OCCO2. The number of rotatable bonds is 5. The number of carbonyl (C=O) groups excluding carboxylic acids is 1. The standard InChI is InChI=1S/C17H16ClNO3S/c18-13-2-4-14(5-3-13)23-10-7-19-17(20)12-1-6-15-16(11-12)22-9-8-21-15/h1-6,11H,7-10H2,(H,19,20). The van der Waals surface area contributed by atoms with Crippen LogP contribution < -0.4 is 14.8 Å². The first-order valence-corrected chi connectivity index (χ1v) is 8.65. The van der Waals surface area contributed by atoms with Crippen molar-refractivity contribution in [3.8, 4) is 11.5 Å². The molecule has 0 spiro atoms. The Bertz CT molecular complexity index is 691. The monoisotopic (exact) mass is 349 g/mol. The molecule has 0 aliphatic carbocycles. The van der Waals surface area contributed by atoms with Crippen molar-refractivity contribution in [1.82, 2.24) is 5.32 Å². The molecule has 0 aromatic heterocycles. The lowest BCUT2D eigenvalue weighted by atomic mass is 10.2. The van der Waals surface area contributed by atoms with Crippen LogP contribution in [0.2, 0.25) is 5.02 Å². The van der Waals surface area contributed by atoms with E-state index < -0.39 is 0 Å². The summed E-state index contributed by atoms with van der Waals surface area (Å²) in [5.41, 5.74) is 0.575. The zero-order valence-electron chi connectivity index (χ0n) is 12.4. The summed E-state index contributed by atoms with van der Waals surface area (Å²) in [5, 5.41) is 3.63.